The summed E-state index contributed by atoms with van der Waals surface area (Å²) in [6.07, 6.45) is 1.59. The number of halogens is 1. The third-order valence-electron chi connectivity index (χ3n) is 5.64. The summed E-state index contributed by atoms with van der Waals surface area (Å²) < 4.78 is 17.3. The monoisotopic (exact) mass is 569 g/mol. The van der Waals surface area contributed by atoms with Crippen molar-refractivity contribution in [2.75, 3.05) is 13.7 Å². The van der Waals surface area contributed by atoms with Gasteiger partial charge in [-0.05, 0) is 81.6 Å². The topological polar surface area (TPSA) is 82.1 Å². The summed E-state index contributed by atoms with van der Waals surface area (Å²) in [5.41, 5.74) is 1.67. The van der Waals surface area contributed by atoms with Crippen molar-refractivity contribution in [1.29, 1.82) is 0 Å². The molecule has 9 heteroatoms. The smallest absolute Gasteiger partial charge is 0.329 e. The first-order valence-electron chi connectivity index (χ1n) is 11.2. The zero-order chi connectivity index (χ0) is 25.8. The van der Waals surface area contributed by atoms with Gasteiger partial charge in [-0.25, -0.2) is 4.79 Å². The molecule has 0 aromatic heterocycles. The molecule has 0 unspecified atom stereocenters. The van der Waals surface area contributed by atoms with Gasteiger partial charge in [0.2, 0.25) is 0 Å². The Kier molecular flexibility index (Phi) is 8.01. The highest BCUT2D eigenvalue weighted by Crippen LogP contribution is 2.40. The second-order valence-electron chi connectivity index (χ2n) is 7.94. The van der Waals surface area contributed by atoms with Crippen molar-refractivity contribution < 1.29 is 28.6 Å². The summed E-state index contributed by atoms with van der Waals surface area (Å²) in [6, 6.07) is 16.7. The Labute approximate surface area is 221 Å². The first kappa shape index (κ1) is 25.8. The molecule has 1 fully saturated rings. The van der Waals surface area contributed by atoms with Gasteiger partial charge in [0.15, 0.2) is 11.5 Å². The first-order chi connectivity index (χ1) is 17.3. The normalized spacial score (nSPS) is 15.4. The predicted octanol–water partition coefficient (Wildman–Crippen LogP) is 6.18. The van der Waals surface area contributed by atoms with Gasteiger partial charge in [0, 0.05) is 0 Å². The number of ether oxygens (including phenoxy) is 3. The number of hydrogen-bond acceptors (Lipinski definition) is 7. The number of hydrogen-bond donors (Lipinski definition) is 0. The third kappa shape index (κ3) is 5.27. The van der Waals surface area contributed by atoms with Crippen LogP contribution in [0.3, 0.4) is 0 Å². The number of esters is 1. The number of benzene rings is 3. The highest BCUT2D eigenvalue weighted by molar-refractivity contribution is 9.10. The van der Waals surface area contributed by atoms with E-state index in [0.717, 1.165) is 33.0 Å². The Morgan fingerprint density at radius 2 is 1.89 bits per heavy atom. The Morgan fingerprint density at radius 1 is 1.14 bits per heavy atom. The molecule has 1 aliphatic rings. The molecule has 0 radical (unpaired) electrons. The van der Waals surface area contributed by atoms with Gasteiger partial charge in [-0.15, -0.1) is 0 Å². The summed E-state index contributed by atoms with van der Waals surface area (Å²) in [5, 5.41) is 1.72. The molecule has 0 aliphatic carbocycles. The summed E-state index contributed by atoms with van der Waals surface area (Å²) in [7, 11) is 1.53. The molecule has 2 amide bonds. The number of imide groups is 1. The second-order valence-corrected chi connectivity index (χ2v) is 9.79. The van der Waals surface area contributed by atoms with Crippen LogP contribution in [-0.2, 0) is 20.9 Å². The molecule has 3 aromatic rings. The maximum atomic E-state index is 12.9. The van der Waals surface area contributed by atoms with Gasteiger partial charge in [-0.2, -0.15) is 0 Å². The van der Waals surface area contributed by atoms with Crippen LogP contribution in [0.4, 0.5) is 4.79 Å². The predicted molar refractivity (Wildman–Crippen MR) is 143 cm³/mol. The Balaban J connectivity index is 1.57. The Morgan fingerprint density at radius 3 is 2.64 bits per heavy atom. The van der Waals surface area contributed by atoms with Crippen LogP contribution >= 0.6 is 27.7 Å². The molecule has 3 aromatic carbocycles. The van der Waals surface area contributed by atoms with Crippen molar-refractivity contribution in [1.82, 2.24) is 4.90 Å². The lowest BCUT2D eigenvalue weighted by atomic mass is 10.1. The second kappa shape index (κ2) is 11.2. The van der Waals surface area contributed by atoms with E-state index in [-0.39, 0.29) is 11.5 Å². The van der Waals surface area contributed by atoms with E-state index in [0.29, 0.717) is 28.1 Å². The standard InChI is InChI=1S/C27H24BrNO6S/c1-4-34-26(31)16(2)29-25(30)23(36-27(29)32)14-17-12-21(28)24(22(13-17)33-3)35-15-19-10-7-9-18-8-5-6-11-20(18)19/h5-14,16H,4,15H2,1-3H3/b23-14-/t16-/m1/s1. The van der Waals surface area contributed by atoms with E-state index in [1.54, 1.807) is 25.1 Å². The lowest BCUT2D eigenvalue weighted by Crippen LogP contribution is -2.42. The van der Waals surface area contributed by atoms with E-state index in [2.05, 4.69) is 34.1 Å². The maximum Gasteiger partial charge on any atom is 0.329 e. The molecule has 0 N–H and O–H groups in total. The molecular formula is C27H24BrNO6S. The maximum absolute atomic E-state index is 12.9. The van der Waals surface area contributed by atoms with Crippen molar-refractivity contribution in [3.63, 3.8) is 0 Å². The minimum atomic E-state index is -1.01. The van der Waals surface area contributed by atoms with Gasteiger partial charge in [-0.3, -0.25) is 14.5 Å². The van der Waals surface area contributed by atoms with E-state index in [1.165, 1.54) is 14.0 Å². The number of carbonyl (C=O) groups excluding carboxylic acids is 3. The summed E-state index contributed by atoms with van der Waals surface area (Å²) in [4.78, 5) is 38.5. The van der Waals surface area contributed by atoms with Crippen molar-refractivity contribution in [2.45, 2.75) is 26.5 Å². The Hall–Kier alpha value is -3.30. The van der Waals surface area contributed by atoms with Gasteiger partial charge in [0.25, 0.3) is 11.1 Å². The molecule has 36 heavy (non-hydrogen) atoms. The van der Waals surface area contributed by atoms with Crippen LogP contribution in [-0.4, -0.2) is 41.8 Å². The summed E-state index contributed by atoms with van der Waals surface area (Å²) >= 11 is 4.32. The number of thioether (sulfide) groups is 1. The van der Waals surface area contributed by atoms with Crippen LogP contribution in [0.15, 0.2) is 64.0 Å². The fraction of sp³-hybridized carbons (Fsp3) is 0.222. The van der Waals surface area contributed by atoms with Crippen molar-refractivity contribution in [3.05, 3.63) is 75.1 Å². The van der Waals surface area contributed by atoms with Crippen molar-refractivity contribution in [2.24, 2.45) is 0 Å². The third-order valence-corrected chi connectivity index (χ3v) is 7.11. The number of rotatable bonds is 8. The average Bonchev–Trinajstić information content (AvgIpc) is 3.14. The number of carbonyl (C=O) groups is 3. The molecule has 0 bridgehead atoms. The van der Waals surface area contributed by atoms with Gasteiger partial charge >= 0.3 is 5.97 Å². The number of methoxy groups -OCH3 is 1. The van der Waals surface area contributed by atoms with Crippen LogP contribution in [0.5, 0.6) is 11.5 Å². The average molecular weight is 570 g/mol. The minimum Gasteiger partial charge on any atom is -0.493 e. The largest absolute Gasteiger partial charge is 0.493 e. The molecule has 1 atom stereocenters. The molecule has 1 saturated heterocycles. The number of nitrogens with zero attached hydrogens (tertiary/aromatic N) is 1. The molecule has 1 heterocycles. The van der Waals surface area contributed by atoms with Crippen LogP contribution in [0, 0.1) is 0 Å². The van der Waals surface area contributed by atoms with Crippen molar-refractivity contribution in [3.8, 4) is 11.5 Å². The van der Waals surface area contributed by atoms with E-state index in [4.69, 9.17) is 14.2 Å². The van der Waals surface area contributed by atoms with Gasteiger partial charge in [-0.1, -0.05) is 42.5 Å². The van der Waals surface area contributed by atoms with Crippen LogP contribution in [0.2, 0.25) is 0 Å². The zero-order valence-corrected chi connectivity index (χ0v) is 22.4. The SMILES string of the molecule is CCOC(=O)[C@@H](C)N1C(=O)S/C(=C\c2cc(Br)c(OCc3cccc4ccccc34)c(OC)c2)C1=O. The van der Waals surface area contributed by atoms with E-state index in [1.807, 2.05) is 24.3 Å². The number of amides is 2. The molecule has 0 saturated carbocycles. The van der Waals surface area contributed by atoms with Gasteiger partial charge in [0.05, 0.1) is 23.1 Å². The van der Waals surface area contributed by atoms with E-state index < -0.39 is 23.2 Å². The molecule has 0 spiro atoms. The highest BCUT2D eigenvalue weighted by Gasteiger charge is 2.41. The molecule has 4 rings (SSSR count). The van der Waals surface area contributed by atoms with Crippen molar-refractivity contribution >= 4 is 61.7 Å². The number of fused-ring (bicyclic) bond motifs is 1. The fourth-order valence-corrected chi connectivity index (χ4v) is 5.35. The lowest BCUT2D eigenvalue weighted by molar-refractivity contribution is -0.150. The molecule has 7 nitrogen and oxygen atoms in total. The quantitative estimate of drug-likeness (QED) is 0.236. The molecular weight excluding hydrogens is 546 g/mol. The van der Waals surface area contributed by atoms with Crippen LogP contribution in [0.25, 0.3) is 16.8 Å². The van der Waals surface area contributed by atoms with Gasteiger partial charge in [0.1, 0.15) is 12.6 Å². The van der Waals surface area contributed by atoms with Crippen LogP contribution in [0.1, 0.15) is 25.0 Å². The highest BCUT2D eigenvalue weighted by atomic mass is 79.9. The molecule has 1 aliphatic heterocycles. The van der Waals surface area contributed by atoms with E-state index >= 15 is 0 Å². The lowest BCUT2D eigenvalue weighted by Gasteiger charge is -2.19. The van der Waals surface area contributed by atoms with Crippen LogP contribution < -0.4 is 9.47 Å². The minimum absolute atomic E-state index is 0.165. The Bertz CT molecular complexity index is 1370. The first-order valence-corrected chi connectivity index (χ1v) is 12.9. The molecule has 186 valence electrons. The fourth-order valence-electron chi connectivity index (χ4n) is 3.86. The summed E-state index contributed by atoms with van der Waals surface area (Å²) in [6.45, 7) is 3.64. The van der Waals surface area contributed by atoms with E-state index in [9.17, 15) is 14.4 Å². The van der Waals surface area contributed by atoms with Gasteiger partial charge < -0.3 is 14.2 Å². The zero-order valence-electron chi connectivity index (χ0n) is 19.9. The summed E-state index contributed by atoms with van der Waals surface area (Å²) in [5.74, 6) is -0.184.